The summed E-state index contributed by atoms with van der Waals surface area (Å²) >= 11 is 1.25. The fraction of sp³-hybridized carbons (Fsp3) is 0.111. The molecule has 0 spiro atoms. The van der Waals surface area contributed by atoms with E-state index in [0.29, 0.717) is 27.7 Å². The van der Waals surface area contributed by atoms with Gasteiger partial charge in [-0.3, -0.25) is 9.71 Å². The second kappa shape index (κ2) is 7.85. The topological polar surface area (TPSA) is 70.1 Å². The van der Waals surface area contributed by atoms with Crippen molar-refractivity contribution >= 4 is 23.5 Å². The SMILES string of the molecule is CNSc1cc(-c2nccnc2Nc2ccc(C(F)(F)F)cc2)ccc1O. The molecule has 0 amide bonds. The smallest absolute Gasteiger partial charge is 0.416 e. The monoisotopic (exact) mass is 392 g/mol. The van der Waals surface area contributed by atoms with E-state index in [0.717, 1.165) is 12.1 Å². The predicted octanol–water partition coefficient (Wildman–Crippen LogP) is 4.84. The van der Waals surface area contributed by atoms with E-state index >= 15 is 0 Å². The van der Waals surface area contributed by atoms with Crippen molar-refractivity contribution in [1.29, 1.82) is 0 Å². The van der Waals surface area contributed by atoms with Crippen molar-refractivity contribution in [1.82, 2.24) is 14.7 Å². The first kappa shape index (κ1) is 19.0. The van der Waals surface area contributed by atoms with Gasteiger partial charge in [0.2, 0.25) is 0 Å². The summed E-state index contributed by atoms with van der Waals surface area (Å²) in [5, 5.41) is 12.9. The third-order valence-corrected chi connectivity index (χ3v) is 4.37. The molecule has 0 aliphatic rings. The third-order valence-electron chi connectivity index (χ3n) is 3.62. The number of rotatable bonds is 5. The summed E-state index contributed by atoms with van der Waals surface area (Å²) < 4.78 is 41.0. The van der Waals surface area contributed by atoms with Crippen LogP contribution in [0.5, 0.6) is 5.75 Å². The van der Waals surface area contributed by atoms with E-state index in [1.54, 1.807) is 25.2 Å². The minimum atomic E-state index is -4.39. The summed E-state index contributed by atoms with van der Waals surface area (Å²) in [6, 6.07) is 9.66. The molecule has 0 bridgehead atoms. The second-order valence-electron chi connectivity index (χ2n) is 5.44. The molecule has 2 aromatic carbocycles. The van der Waals surface area contributed by atoms with Gasteiger partial charge in [0.25, 0.3) is 0 Å². The van der Waals surface area contributed by atoms with E-state index in [2.05, 4.69) is 20.0 Å². The molecule has 9 heteroatoms. The van der Waals surface area contributed by atoms with E-state index in [-0.39, 0.29) is 5.75 Å². The first-order valence-corrected chi connectivity index (χ1v) is 8.62. The van der Waals surface area contributed by atoms with Gasteiger partial charge in [-0.2, -0.15) is 13.2 Å². The lowest BCUT2D eigenvalue weighted by Gasteiger charge is -2.12. The number of benzene rings is 2. The molecule has 1 heterocycles. The van der Waals surface area contributed by atoms with Crippen LogP contribution in [0.25, 0.3) is 11.3 Å². The third kappa shape index (κ3) is 4.50. The summed E-state index contributed by atoms with van der Waals surface area (Å²) in [7, 11) is 1.73. The normalized spacial score (nSPS) is 11.4. The molecule has 3 aromatic rings. The molecule has 27 heavy (non-hydrogen) atoms. The first-order valence-electron chi connectivity index (χ1n) is 7.81. The van der Waals surface area contributed by atoms with Gasteiger partial charge >= 0.3 is 6.18 Å². The Bertz CT molecular complexity index is 933. The number of alkyl halides is 3. The lowest BCUT2D eigenvalue weighted by molar-refractivity contribution is -0.137. The predicted molar refractivity (Wildman–Crippen MR) is 98.8 cm³/mol. The van der Waals surface area contributed by atoms with Gasteiger partial charge in [-0.05, 0) is 61.5 Å². The van der Waals surface area contributed by atoms with Crippen LogP contribution in [0.2, 0.25) is 0 Å². The Morgan fingerprint density at radius 2 is 1.70 bits per heavy atom. The van der Waals surface area contributed by atoms with Gasteiger partial charge < -0.3 is 10.4 Å². The molecule has 0 fully saturated rings. The number of nitrogens with one attached hydrogen (secondary N) is 2. The van der Waals surface area contributed by atoms with E-state index < -0.39 is 11.7 Å². The van der Waals surface area contributed by atoms with Crippen LogP contribution in [0.4, 0.5) is 24.7 Å². The fourth-order valence-corrected chi connectivity index (χ4v) is 2.95. The van der Waals surface area contributed by atoms with E-state index in [1.165, 1.54) is 36.5 Å². The zero-order valence-electron chi connectivity index (χ0n) is 14.1. The lowest BCUT2D eigenvalue weighted by Crippen LogP contribution is -2.05. The Kier molecular flexibility index (Phi) is 5.52. The van der Waals surface area contributed by atoms with Gasteiger partial charge in [-0.25, -0.2) is 4.98 Å². The molecule has 5 nitrogen and oxygen atoms in total. The molecule has 3 rings (SSSR count). The average Bonchev–Trinajstić information content (AvgIpc) is 2.64. The molecule has 0 atom stereocenters. The molecule has 0 aliphatic heterocycles. The van der Waals surface area contributed by atoms with Crippen molar-refractivity contribution in [3.63, 3.8) is 0 Å². The van der Waals surface area contributed by atoms with E-state index in [1.807, 2.05) is 0 Å². The van der Waals surface area contributed by atoms with Crippen LogP contribution in [-0.2, 0) is 6.18 Å². The van der Waals surface area contributed by atoms with Crippen LogP contribution in [0.1, 0.15) is 5.56 Å². The summed E-state index contributed by atoms with van der Waals surface area (Å²) in [4.78, 5) is 9.17. The maximum Gasteiger partial charge on any atom is 0.416 e. The Hall–Kier alpha value is -2.78. The molecule has 3 N–H and O–H groups in total. The van der Waals surface area contributed by atoms with Crippen LogP contribution in [0.15, 0.2) is 59.8 Å². The molecular weight excluding hydrogens is 377 g/mol. The maximum atomic E-state index is 12.7. The number of aromatic hydroxyl groups is 1. The molecule has 1 aromatic heterocycles. The quantitative estimate of drug-likeness (QED) is 0.540. The number of phenolic OH excluding ortho intramolecular Hbond substituents is 1. The van der Waals surface area contributed by atoms with Crippen LogP contribution < -0.4 is 10.0 Å². The minimum absolute atomic E-state index is 0.124. The zero-order valence-corrected chi connectivity index (χ0v) is 14.9. The highest BCUT2D eigenvalue weighted by molar-refractivity contribution is 7.97. The highest BCUT2D eigenvalue weighted by Gasteiger charge is 2.30. The van der Waals surface area contributed by atoms with E-state index in [4.69, 9.17) is 0 Å². The minimum Gasteiger partial charge on any atom is -0.507 e. The summed E-state index contributed by atoms with van der Waals surface area (Å²) in [6.07, 6.45) is -1.38. The van der Waals surface area contributed by atoms with Crippen molar-refractivity contribution in [3.05, 3.63) is 60.4 Å². The lowest BCUT2D eigenvalue weighted by atomic mass is 10.1. The molecule has 0 saturated carbocycles. The summed E-state index contributed by atoms with van der Waals surface area (Å²) in [6.45, 7) is 0. The van der Waals surface area contributed by atoms with Crippen LogP contribution >= 0.6 is 11.9 Å². The van der Waals surface area contributed by atoms with Crippen LogP contribution in [-0.4, -0.2) is 22.1 Å². The number of anilines is 2. The second-order valence-corrected chi connectivity index (χ2v) is 6.49. The van der Waals surface area contributed by atoms with Crippen molar-refractivity contribution in [3.8, 4) is 17.0 Å². The summed E-state index contributed by atoms with van der Waals surface area (Å²) in [5.74, 6) is 0.516. The van der Waals surface area contributed by atoms with Crippen molar-refractivity contribution in [2.24, 2.45) is 0 Å². The average molecular weight is 392 g/mol. The number of hydrogen-bond donors (Lipinski definition) is 3. The van der Waals surface area contributed by atoms with Gasteiger partial charge in [0, 0.05) is 23.6 Å². The van der Waals surface area contributed by atoms with Crippen molar-refractivity contribution < 1.29 is 18.3 Å². The van der Waals surface area contributed by atoms with Crippen LogP contribution in [0.3, 0.4) is 0 Å². The molecule has 0 radical (unpaired) electrons. The zero-order chi connectivity index (χ0) is 19.4. The largest absolute Gasteiger partial charge is 0.507 e. The van der Waals surface area contributed by atoms with Crippen LogP contribution in [0, 0.1) is 0 Å². The number of hydrogen-bond acceptors (Lipinski definition) is 6. The Labute approximate surface area is 157 Å². The Morgan fingerprint density at radius 3 is 2.37 bits per heavy atom. The Balaban J connectivity index is 1.92. The molecule has 0 aliphatic carbocycles. The number of aromatic nitrogens is 2. The molecule has 0 unspecified atom stereocenters. The van der Waals surface area contributed by atoms with Crippen molar-refractivity contribution in [2.45, 2.75) is 11.1 Å². The first-order chi connectivity index (χ1) is 12.9. The highest BCUT2D eigenvalue weighted by Crippen LogP contribution is 2.34. The number of halogens is 3. The summed E-state index contributed by atoms with van der Waals surface area (Å²) in [5.41, 5.74) is 0.941. The Morgan fingerprint density at radius 1 is 1.00 bits per heavy atom. The maximum absolute atomic E-state index is 12.7. The standard InChI is InChI=1S/C18H15F3N4OS/c1-22-27-15-10-11(2-7-14(15)26)16-17(24-9-8-23-16)25-13-5-3-12(4-6-13)18(19,20)21/h2-10,22,26H,1H3,(H,24,25). The fourth-order valence-electron chi connectivity index (χ4n) is 2.37. The highest BCUT2D eigenvalue weighted by atomic mass is 32.2. The molecule has 0 saturated heterocycles. The van der Waals surface area contributed by atoms with Gasteiger partial charge in [0.05, 0.1) is 10.5 Å². The van der Waals surface area contributed by atoms with E-state index in [9.17, 15) is 18.3 Å². The number of phenols is 1. The van der Waals surface area contributed by atoms with Gasteiger partial charge in [-0.1, -0.05) is 0 Å². The van der Waals surface area contributed by atoms with Crippen molar-refractivity contribution in [2.75, 3.05) is 12.4 Å². The van der Waals surface area contributed by atoms with Gasteiger partial charge in [-0.15, -0.1) is 0 Å². The molecular formula is C18H15F3N4OS. The van der Waals surface area contributed by atoms with Gasteiger partial charge in [0.15, 0.2) is 5.82 Å². The molecule has 140 valence electrons. The van der Waals surface area contributed by atoms with Gasteiger partial charge in [0.1, 0.15) is 11.4 Å². The number of nitrogens with zero attached hydrogens (tertiary/aromatic N) is 2.